The molecule has 4 rings (SSSR count). The van der Waals surface area contributed by atoms with E-state index in [0.29, 0.717) is 0 Å². The Hall–Kier alpha value is -1.22. The van der Waals surface area contributed by atoms with Crippen LogP contribution in [0, 0.1) is 0 Å². The summed E-state index contributed by atoms with van der Waals surface area (Å²) in [6.07, 6.45) is 5.30. The van der Waals surface area contributed by atoms with Crippen molar-refractivity contribution in [2.75, 3.05) is 19.8 Å². The number of ether oxygens (including phenoxy) is 2. The summed E-state index contributed by atoms with van der Waals surface area (Å²) in [7, 11) is 0. The molecule has 2 aliphatic heterocycles. The SMILES string of the molecule is OCC1(c2c3c(cc4c2OCC4)OCC3)CCC1. The molecule has 1 aliphatic carbocycles. The van der Waals surface area contributed by atoms with Gasteiger partial charge in [0.15, 0.2) is 0 Å². The number of hydrogen-bond acceptors (Lipinski definition) is 3. The molecular weight excluding hydrogens is 228 g/mol. The van der Waals surface area contributed by atoms with E-state index in [4.69, 9.17) is 9.47 Å². The highest BCUT2D eigenvalue weighted by Crippen LogP contribution is 2.53. The van der Waals surface area contributed by atoms with Gasteiger partial charge in [-0.2, -0.15) is 0 Å². The van der Waals surface area contributed by atoms with Crippen molar-refractivity contribution >= 4 is 0 Å². The first-order valence-corrected chi connectivity index (χ1v) is 6.90. The molecule has 0 aromatic heterocycles. The summed E-state index contributed by atoms with van der Waals surface area (Å²) in [4.78, 5) is 0. The fourth-order valence-electron chi connectivity index (χ4n) is 3.64. The highest BCUT2D eigenvalue weighted by molar-refractivity contribution is 5.60. The van der Waals surface area contributed by atoms with E-state index in [-0.39, 0.29) is 12.0 Å². The molecule has 0 bridgehead atoms. The van der Waals surface area contributed by atoms with E-state index in [2.05, 4.69) is 6.07 Å². The van der Waals surface area contributed by atoms with Gasteiger partial charge < -0.3 is 14.6 Å². The maximum absolute atomic E-state index is 9.86. The van der Waals surface area contributed by atoms with E-state index in [0.717, 1.165) is 50.4 Å². The Morgan fingerprint density at radius 2 is 2.00 bits per heavy atom. The molecule has 0 spiro atoms. The zero-order valence-corrected chi connectivity index (χ0v) is 10.5. The molecule has 3 aliphatic rings. The van der Waals surface area contributed by atoms with Gasteiger partial charge in [-0.1, -0.05) is 6.42 Å². The lowest BCUT2D eigenvalue weighted by molar-refractivity contribution is 0.116. The van der Waals surface area contributed by atoms with Gasteiger partial charge in [-0.15, -0.1) is 0 Å². The van der Waals surface area contributed by atoms with Crippen LogP contribution in [0.3, 0.4) is 0 Å². The molecule has 1 fully saturated rings. The molecule has 1 aromatic rings. The van der Waals surface area contributed by atoms with Gasteiger partial charge >= 0.3 is 0 Å². The maximum atomic E-state index is 9.86. The predicted molar refractivity (Wildman–Crippen MR) is 67.5 cm³/mol. The first-order chi connectivity index (χ1) is 8.84. The minimum Gasteiger partial charge on any atom is -0.493 e. The molecule has 1 saturated carbocycles. The Morgan fingerprint density at radius 3 is 2.72 bits per heavy atom. The number of aliphatic hydroxyl groups excluding tert-OH is 1. The van der Waals surface area contributed by atoms with Crippen molar-refractivity contribution in [1.29, 1.82) is 0 Å². The first-order valence-electron chi connectivity index (χ1n) is 6.90. The summed E-state index contributed by atoms with van der Waals surface area (Å²) in [5, 5.41) is 9.86. The lowest BCUT2D eigenvalue weighted by atomic mass is 9.63. The average Bonchev–Trinajstić information content (AvgIpc) is 2.94. The van der Waals surface area contributed by atoms with Gasteiger partial charge in [0.1, 0.15) is 11.5 Å². The Labute approximate surface area is 107 Å². The van der Waals surface area contributed by atoms with Crippen LogP contribution in [0.5, 0.6) is 11.5 Å². The molecule has 96 valence electrons. The van der Waals surface area contributed by atoms with Crippen LogP contribution in [0.4, 0.5) is 0 Å². The number of rotatable bonds is 2. The van der Waals surface area contributed by atoms with E-state index < -0.39 is 0 Å². The standard InChI is InChI=1S/C15H18O3/c16-9-15(4-1-5-15)13-11-3-7-17-12(11)8-10-2-6-18-14(10)13/h8,16H,1-7,9H2. The van der Waals surface area contributed by atoms with Gasteiger partial charge in [-0.05, 0) is 18.9 Å². The van der Waals surface area contributed by atoms with Crippen molar-refractivity contribution in [3.63, 3.8) is 0 Å². The van der Waals surface area contributed by atoms with Crippen LogP contribution < -0.4 is 9.47 Å². The van der Waals surface area contributed by atoms with Crippen LogP contribution in [-0.4, -0.2) is 24.9 Å². The lowest BCUT2D eigenvalue weighted by Gasteiger charge is -2.42. The molecule has 2 heterocycles. The predicted octanol–water partition coefficient (Wildman–Crippen LogP) is 1.97. The summed E-state index contributed by atoms with van der Waals surface area (Å²) in [6.45, 7) is 1.78. The second-order valence-electron chi connectivity index (χ2n) is 5.71. The summed E-state index contributed by atoms with van der Waals surface area (Å²) < 4.78 is 11.6. The molecule has 0 amide bonds. The number of hydrogen-bond donors (Lipinski definition) is 1. The van der Waals surface area contributed by atoms with Gasteiger partial charge in [0.05, 0.1) is 19.8 Å². The van der Waals surface area contributed by atoms with Crippen molar-refractivity contribution in [3.05, 3.63) is 22.8 Å². The molecule has 3 heteroatoms. The number of aliphatic hydroxyl groups is 1. The molecule has 0 atom stereocenters. The van der Waals surface area contributed by atoms with Gasteiger partial charge in [0.25, 0.3) is 0 Å². The molecule has 1 aromatic carbocycles. The summed E-state index contributed by atoms with van der Waals surface area (Å²) in [5.41, 5.74) is 3.79. The Bertz CT molecular complexity index is 465. The van der Waals surface area contributed by atoms with Crippen molar-refractivity contribution < 1.29 is 14.6 Å². The monoisotopic (exact) mass is 246 g/mol. The van der Waals surface area contributed by atoms with Crippen molar-refractivity contribution in [3.8, 4) is 11.5 Å². The smallest absolute Gasteiger partial charge is 0.127 e. The molecule has 0 radical (unpaired) electrons. The van der Waals surface area contributed by atoms with Crippen LogP contribution in [0.2, 0.25) is 0 Å². The van der Waals surface area contributed by atoms with E-state index >= 15 is 0 Å². The minimum atomic E-state index is -0.0481. The second-order valence-corrected chi connectivity index (χ2v) is 5.71. The molecule has 0 unspecified atom stereocenters. The largest absolute Gasteiger partial charge is 0.493 e. The third-order valence-corrected chi connectivity index (χ3v) is 4.79. The number of benzene rings is 1. The third-order valence-electron chi connectivity index (χ3n) is 4.79. The molecule has 0 saturated heterocycles. The van der Waals surface area contributed by atoms with Gasteiger partial charge in [-0.25, -0.2) is 0 Å². The second kappa shape index (κ2) is 3.64. The fraction of sp³-hybridized carbons (Fsp3) is 0.600. The minimum absolute atomic E-state index is 0.0481. The van der Waals surface area contributed by atoms with E-state index in [1.165, 1.54) is 23.1 Å². The Kier molecular flexibility index (Phi) is 2.16. The normalized spacial score (nSPS) is 22.7. The summed E-state index contributed by atoms with van der Waals surface area (Å²) >= 11 is 0. The molecular formula is C15H18O3. The van der Waals surface area contributed by atoms with Crippen LogP contribution in [-0.2, 0) is 18.3 Å². The average molecular weight is 246 g/mol. The van der Waals surface area contributed by atoms with E-state index in [1.807, 2.05) is 0 Å². The van der Waals surface area contributed by atoms with Crippen molar-refractivity contribution in [2.24, 2.45) is 0 Å². The van der Waals surface area contributed by atoms with Crippen LogP contribution in [0.1, 0.15) is 36.0 Å². The van der Waals surface area contributed by atoms with Crippen molar-refractivity contribution in [2.45, 2.75) is 37.5 Å². The van der Waals surface area contributed by atoms with E-state index in [9.17, 15) is 5.11 Å². The topological polar surface area (TPSA) is 38.7 Å². The third kappa shape index (κ3) is 1.23. The van der Waals surface area contributed by atoms with Crippen LogP contribution in [0.25, 0.3) is 0 Å². The number of fused-ring (bicyclic) bond motifs is 2. The van der Waals surface area contributed by atoms with Gasteiger partial charge in [-0.3, -0.25) is 0 Å². The zero-order valence-electron chi connectivity index (χ0n) is 10.5. The van der Waals surface area contributed by atoms with Crippen LogP contribution in [0.15, 0.2) is 6.07 Å². The maximum Gasteiger partial charge on any atom is 0.127 e. The molecule has 18 heavy (non-hydrogen) atoms. The molecule has 1 N–H and O–H groups in total. The summed E-state index contributed by atoms with van der Waals surface area (Å²) in [6, 6.07) is 2.15. The lowest BCUT2D eigenvalue weighted by Crippen LogP contribution is -2.39. The van der Waals surface area contributed by atoms with Gasteiger partial charge in [0.2, 0.25) is 0 Å². The van der Waals surface area contributed by atoms with Crippen molar-refractivity contribution in [1.82, 2.24) is 0 Å². The zero-order chi connectivity index (χ0) is 12.2. The fourth-order valence-corrected chi connectivity index (χ4v) is 3.64. The summed E-state index contributed by atoms with van der Waals surface area (Å²) in [5.74, 6) is 2.10. The van der Waals surface area contributed by atoms with Gasteiger partial charge in [0, 0.05) is 34.9 Å². The Morgan fingerprint density at radius 1 is 1.17 bits per heavy atom. The first kappa shape index (κ1) is 10.7. The Balaban J connectivity index is 1.95. The van der Waals surface area contributed by atoms with E-state index in [1.54, 1.807) is 0 Å². The highest BCUT2D eigenvalue weighted by Gasteiger charge is 2.44. The highest BCUT2D eigenvalue weighted by atomic mass is 16.5. The molecule has 3 nitrogen and oxygen atoms in total. The quantitative estimate of drug-likeness (QED) is 0.867. The van der Waals surface area contributed by atoms with Crippen LogP contribution >= 0.6 is 0 Å².